The molecule has 8 aromatic heterocycles. The Balaban J connectivity index is 0.000000104. The fraction of sp³-hybridized carbons (Fsp3) is 0. The first-order chi connectivity index (χ1) is 73.4. The second-order valence-electron chi connectivity index (χ2n) is 38.6. The van der Waals surface area contributed by atoms with Gasteiger partial charge in [0.15, 0.2) is 5.82 Å². The monoisotopic (exact) mass is 1880 g/mol. The Bertz CT molecular complexity index is 10800. The van der Waals surface area contributed by atoms with Crippen molar-refractivity contribution in [3.05, 3.63) is 522 Å². The molecule has 0 saturated carbocycles. The van der Waals surface area contributed by atoms with E-state index in [1.54, 1.807) is 0 Å². The third kappa shape index (κ3) is 13.4. The Morgan fingerprint density at radius 1 is 0.142 bits per heavy atom. The molecule has 0 saturated heterocycles. The van der Waals surface area contributed by atoms with Gasteiger partial charge in [-0.2, -0.15) is 0 Å². The molecule has 8 heterocycles. The van der Waals surface area contributed by atoms with Gasteiger partial charge in [0.25, 0.3) is 0 Å². The standard InChI is InChI=1S/C54H34N4.C46H28N4.C38H24N2/c1-4-13-35(14-5-1)46-34-47(36-15-6-2-7-16-36)56-54(55-46)38-25-28-43(29-26-38)58-49-22-12-17-37-23-24-40-31-41(33-51(58)53(40)52(37)49)39-27-30-45-44-20-10-11-21-48(44)57(50(45)32-39)42-18-8-3-9-19-42;1-3-12-30(13-4-1)45-36-18-7-9-19-38(36)47-46(48-45)50-41-21-11-14-29-22-24-35-33(25-27-42(50)44(35)43(29)41)31-23-26-40-37(28-31)34-17-8-10-20-39(34)49(40)32-15-5-2-6-16-32;1-3-11-27(12-4-1)39-33-16-8-7-15-30(33)32-24-26(19-22-34(32)39)29-21-23-36-38-31(29)20-18-25-10-9-17-35(37(25)38)40(36)28-13-5-2-6-14-28/h1-34H;1-28H;1-24H. The Labute approximate surface area is 850 Å². The molecule has 32 aromatic rings. The van der Waals surface area contributed by atoms with Crippen molar-refractivity contribution >= 4 is 174 Å². The van der Waals surface area contributed by atoms with Gasteiger partial charge >= 0.3 is 0 Å². The minimum atomic E-state index is 0.676. The molecule has 0 aliphatic carbocycles. The molecule has 0 fully saturated rings. The van der Waals surface area contributed by atoms with Gasteiger partial charge in [-0.1, -0.05) is 346 Å². The minimum absolute atomic E-state index is 0.676. The summed E-state index contributed by atoms with van der Waals surface area (Å²) in [7, 11) is 0. The van der Waals surface area contributed by atoms with Crippen LogP contribution < -0.4 is 0 Å². The maximum Gasteiger partial charge on any atom is 0.235 e. The predicted molar refractivity (Wildman–Crippen MR) is 618 cm³/mol. The van der Waals surface area contributed by atoms with Gasteiger partial charge in [0.1, 0.15) is 0 Å². The second-order valence-corrected chi connectivity index (χ2v) is 38.6. The molecule has 0 unspecified atom stereocenters. The average molecular weight is 1880 g/mol. The lowest BCUT2D eigenvalue weighted by molar-refractivity contribution is 1.01. The van der Waals surface area contributed by atoms with E-state index in [4.69, 9.17) is 19.9 Å². The largest absolute Gasteiger partial charge is 0.309 e. The van der Waals surface area contributed by atoms with Gasteiger partial charge in [-0.05, 0) is 242 Å². The summed E-state index contributed by atoms with van der Waals surface area (Å²) in [5, 5.41) is 23.8. The number of hydrogen-bond acceptors (Lipinski definition) is 4. The predicted octanol–water partition coefficient (Wildman–Crippen LogP) is 35.8. The summed E-state index contributed by atoms with van der Waals surface area (Å²) in [4.78, 5) is 20.7. The first-order valence-electron chi connectivity index (χ1n) is 50.6. The van der Waals surface area contributed by atoms with Gasteiger partial charge < -0.3 is 22.8 Å². The molecule has 148 heavy (non-hydrogen) atoms. The van der Waals surface area contributed by atoms with Crippen LogP contribution >= 0.6 is 0 Å². The highest BCUT2D eigenvalue weighted by Gasteiger charge is 2.28. The van der Waals surface area contributed by atoms with E-state index < -0.39 is 0 Å². The van der Waals surface area contributed by atoms with E-state index in [9.17, 15) is 0 Å². The number of rotatable bonds is 13. The second kappa shape index (κ2) is 33.9. The van der Waals surface area contributed by atoms with E-state index in [2.05, 4.69) is 531 Å². The fourth-order valence-electron chi connectivity index (χ4n) is 23.9. The molecule has 0 radical (unpaired) electrons. The fourth-order valence-corrected chi connectivity index (χ4v) is 23.9. The number of fused-ring (bicyclic) bond motifs is 10. The first-order valence-corrected chi connectivity index (χ1v) is 50.6. The van der Waals surface area contributed by atoms with E-state index in [0.29, 0.717) is 11.8 Å². The van der Waals surface area contributed by atoms with Gasteiger partial charge in [-0.15, -0.1) is 0 Å². The maximum atomic E-state index is 5.29. The number of benzene rings is 24. The molecule has 0 N–H and O–H groups in total. The van der Waals surface area contributed by atoms with Crippen LogP contribution in [0, 0.1) is 0 Å². The summed E-state index contributed by atoms with van der Waals surface area (Å²) >= 11 is 0. The molecule has 0 bridgehead atoms. The van der Waals surface area contributed by atoms with Crippen molar-refractivity contribution in [1.29, 1.82) is 0 Å². The van der Waals surface area contributed by atoms with Crippen molar-refractivity contribution < 1.29 is 0 Å². The highest BCUT2D eigenvalue weighted by Crippen LogP contribution is 2.50. The quantitative estimate of drug-likeness (QED) is 0.108. The Kier molecular flexibility index (Phi) is 19.2. The zero-order valence-electron chi connectivity index (χ0n) is 80.1. The maximum absolute atomic E-state index is 5.29. The highest BCUT2D eigenvalue weighted by molar-refractivity contribution is 6.30. The van der Waals surface area contributed by atoms with Crippen LogP contribution in [0.4, 0.5) is 0 Å². The normalized spacial score (nSPS) is 11.9. The molecule has 10 heteroatoms. The van der Waals surface area contributed by atoms with Crippen LogP contribution in [0.25, 0.3) is 287 Å². The topological polar surface area (TPSA) is 81.1 Å². The van der Waals surface area contributed by atoms with Gasteiger partial charge in [0.2, 0.25) is 5.95 Å². The number of nitrogens with zero attached hydrogens (tertiary/aromatic N) is 10. The molecular formula is C138H86N10. The molecule has 688 valence electrons. The molecule has 32 rings (SSSR count). The van der Waals surface area contributed by atoms with Gasteiger partial charge in [-0.3, -0.25) is 4.57 Å². The van der Waals surface area contributed by atoms with Crippen LogP contribution in [0.2, 0.25) is 0 Å². The number of aromatic nitrogens is 10. The van der Waals surface area contributed by atoms with Crippen LogP contribution in [0.5, 0.6) is 0 Å². The Morgan fingerprint density at radius 2 is 0.473 bits per heavy atom. The highest BCUT2D eigenvalue weighted by atomic mass is 15.2. The lowest BCUT2D eigenvalue weighted by atomic mass is 9.94. The van der Waals surface area contributed by atoms with Crippen molar-refractivity contribution in [3.8, 4) is 113 Å². The third-order valence-electron chi connectivity index (χ3n) is 30.4. The number of hydrogen-bond donors (Lipinski definition) is 0. The van der Waals surface area contributed by atoms with Gasteiger partial charge in [0.05, 0.1) is 88.8 Å². The van der Waals surface area contributed by atoms with E-state index in [1.165, 1.54) is 197 Å². The molecule has 0 atom stereocenters. The van der Waals surface area contributed by atoms with Gasteiger partial charge in [-0.25, -0.2) is 19.9 Å². The summed E-state index contributed by atoms with van der Waals surface area (Å²) < 4.78 is 14.2. The summed E-state index contributed by atoms with van der Waals surface area (Å²) in [6, 6.07) is 187. The van der Waals surface area contributed by atoms with Crippen molar-refractivity contribution in [3.63, 3.8) is 0 Å². The van der Waals surface area contributed by atoms with Crippen molar-refractivity contribution in [2.24, 2.45) is 0 Å². The summed E-state index contributed by atoms with van der Waals surface area (Å²) in [6.07, 6.45) is 0. The molecule has 0 aliphatic heterocycles. The lowest BCUT2D eigenvalue weighted by Crippen LogP contribution is -2.03. The van der Waals surface area contributed by atoms with Crippen molar-refractivity contribution in [2.45, 2.75) is 0 Å². The lowest BCUT2D eigenvalue weighted by Gasteiger charge is -2.12. The van der Waals surface area contributed by atoms with Crippen LogP contribution in [-0.2, 0) is 0 Å². The molecule has 0 amide bonds. The van der Waals surface area contributed by atoms with Crippen molar-refractivity contribution in [2.75, 3.05) is 0 Å². The Morgan fingerprint density at radius 3 is 0.980 bits per heavy atom. The summed E-state index contributed by atoms with van der Waals surface area (Å²) in [5.41, 5.74) is 35.3. The summed E-state index contributed by atoms with van der Waals surface area (Å²) in [5.74, 6) is 1.38. The van der Waals surface area contributed by atoms with Crippen LogP contribution in [0.15, 0.2) is 522 Å². The molecular weight excluding hydrogens is 1800 g/mol. The first kappa shape index (κ1) is 83.8. The SMILES string of the molecule is c1ccc(-c2cc(-c3ccccc3)nc(-c3ccc(-n4c5cccc6ccc7cc(-c8ccc9c%10ccccc%10n(-c%10ccccc%10)c9c8)cc4c7c65)cc3)n2)cc1.c1ccc(-c2nc(-n3c4cccc5ccc6c(-c7ccc8c(c7)c7ccccc7n8-c7ccccc7)ccc3c6c54)nc3ccccc23)cc1.c1ccc(-n2c3ccccc3c3cc(-c4ccc5c6c4ccc4cccc(c46)n5-c4ccccc4)ccc32)cc1. The molecule has 24 aromatic carbocycles. The average Bonchev–Trinajstić information content (AvgIpc) is 1.46. The van der Waals surface area contributed by atoms with Gasteiger partial charge in [0, 0.05) is 121 Å². The van der Waals surface area contributed by atoms with E-state index in [0.717, 1.165) is 78.3 Å². The Hall–Kier alpha value is -19.9. The number of para-hydroxylation sites is 8. The minimum Gasteiger partial charge on any atom is -0.309 e. The van der Waals surface area contributed by atoms with E-state index >= 15 is 0 Å². The molecule has 10 nitrogen and oxygen atoms in total. The van der Waals surface area contributed by atoms with E-state index in [-0.39, 0.29) is 0 Å². The van der Waals surface area contributed by atoms with Crippen LogP contribution in [0.3, 0.4) is 0 Å². The zero-order valence-corrected chi connectivity index (χ0v) is 80.1. The van der Waals surface area contributed by atoms with Crippen LogP contribution in [0.1, 0.15) is 0 Å². The molecule has 0 spiro atoms. The van der Waals surface area contributed by atoms with Crippen molar-refractivity contribution in [1.82, 2.24) is 47.3 Å². The zero-order chi connectivity index (χ0) is 97.1. The van der Waals surface area contributed by atoms with Crippen LogP contribution in [-0.4, -0.2) is 47.3 Å². The van der Waals surface area contributed by atoms with E-state index in [1.807, 2.05) is 18.2 Å². The third-order valence-corrected chi connectivity index (χ3v) is 30.4. The molecule has 0 aliphatic rings. The smallest absolute Gasteiger partial charge is 0.235 e. The summed E-state index contributed by atoms with van der Waals surface area (Å²) in [6.45, 7) is 0.